The molecule has 0 N–H and O–H groups in total. The monoisotopic (exact) mass is 452 g/mol. The highest BCUT2D eigenvalue weighted by molar-refractivity contribution is 7.12. The highest BCUT2D eigenvalue weighted by Gasteiger charge is 2.33. The third-order valence-electron chi connectivity index (χ3n) is 5.26. The number of hydrogen-bond donors (Lipinski definition) is 0. The Bertz CT molecular complexity index is 1030. The minimum absolute atomic E-state index is 0.0179. The maximum atomic E-state index is 13.4. The van der Waals surface area contributed by atoms with Crippen LogP contribution in [0.15, 0.2) is 71.9 Å². The largest absolute Gasteiger partial charge is 0.491 e. The van der Waals surface area contributed by atoms with Crippen LogP contribution in [0.4, 0.5) is 0 Å². The van der Waals surface area contributed by atoms with E-state index in [0.717, 1.165) is 17.7 Å². The number of nitrogens with zero attached hydrogens (tertiary/aromatic N) is 2. The van der Waals surface area contributed by atoms with Crippen molar-refractivity contribution >= 4 is 34.5 Å². The average Bonchev–Trinajstić information content (AvgIpc) is 3.49. The van der Waals surface area contributed by atoms with Gasteiger partial charge in [0.2, 0.25) is 5.91 Å². The lowest BCUT2D eigenvalue weighted by Crippen LogP contribution is -2.47. The van der Waals surface area contributed by atoms with Gasteiger partial charge >= 0.3 is 0 Å². The van der Waals surface area contributed by atoms with Gasteiger partial charge in [-0.1, -0.05) is 30.3 Å². The van der Waals surface area contributed by atoms with Gasteiger partial charge in [0.1, 0.15) is 18.9 Å². The molecule has 1 aliphatic rings. The molecule has 160 valence electrons. The van der Waals surface area contributed by atoms with Crippen LogP contribution in [0.1, 0.15) is 26.2 Å². The molecule has 3 heterocycles. The molecular weight excluding hydrogens is 428 g/mol. The van der Waals surface area contributed by atoms with Crippen LogP contribution in [-0.4, -0.2) is 47.9 Å². The third-order valence-corrected chi connectivity index (χ3v) is 7.12. The minimum Gasteiger partial charge on any atom is -0.491 e. The molecule has 0 saturated carbocycles. The van der Waals surface area contributed by atoms with Crippen molar-refractivity contribution in [3.05, 3.63) is 87.3 Å². The fraction of sp³-hybridized carbons (Fsp3) is 0.250. The van der Waals surface area contributed by atoms with Crippen molar-refractivity contribution in [2.45, 2.75) is 12.5 Å². The van der Waals surface area contributed by atoms with Crippen molar-refractivity contribution in [1.82, 2.24) is 9.80 Å². The number of carbonyl (C=O) groups excluding carboxylic acids is 2. The van der Waals surface area contributed by atoms with Crippen molar-refractivity contribution in [1.29, 1.82) is 0 Å². The molecular formula is C24H24N2O3S2. The fourth-order valence-electron chi connectivity index (χ4n) is 3.75. The topological polar surface area (TPSA) is 49.9 Å². The van der Waals surface area contributed by atoms with E-state index in [1.165, 1.54) is 16.2 Å². The van der Waals surface area contributed by atoms with Crippen molar-refractivity contribution in [2.75, 3.05) is 26.2 Å². The van der Waals surface area contributed by atoms with E-state index in [1.807, 2.05) is 46.7 Å². The normalized spacial score (nSPS) is 15.2. The van der Waals surface area contributed by atoms with E-state index in [-0.39, 0.29) is 24.4 Å². The van der Waals surface area contributed by atoms with Gasteiger partial charge in [-0.3, -0.25) is 9.59 Å². The Morgan fingerprint density at radius 1 is 1.13 bits per heavy atom. The molecule has 5 nitrogen and oxygen atoms in total. The predicted molar refractivity (Wildman–Crippen MR) is 125 cm³/mol. The van der Waals surface area contributed by atoms with E-state index in [4.69, 9.17) is 4.74 Å². The Morgan fingerprint density at radius 3 is 2.71 bits per heavy atom. The number of ether oxygens (including phenoxy) is 1. The quantitative estimate of drug-likeness (QED) is 0.468. The maximum Gasteiger partial charge on any atom is 0.264 e. The smallest absolute Gasteiger partial charge is 0.264 e. The molecule has 0 saturated heterocycles. The van der Waals surface area contributed by atoms with Crippen molar-refractivity contribution < 1.29 is 14.3 Å². The molecule has 1 atom stereocenters. The van der Waals surface area contributed by atoms with E-state index in [9.17, 15) is 9.59 Å². The summed E-state index contributed by atoms with van der Waals surface area (Å²) in [5.74, 6) is 0.553. The molecule has 3 aromatic rings. The average molecular weight is 453 g/mol. The highest BCUT2D eigenvalue weighted by Crippen LogP contribution is 2.34. The van der Waals surface area contributed by atoms with E-state index < -0.39 is 0 Å². The van der Waals surface area contributed by atoms with Crippen molar-refractivity contribution in [3.8, 4) is 5.75 Å². The second kappa shape index (κ2) is 9.94. The van der Waals surface area contributed by atoms with Gasteiger partial charge in [-0.15, -0.1) is 29.3 Å². The minimum atomic E-state index is -0.176. The Morgan fingerprint density at radius 2 is 1.97 bits per heavy atom. The van der Waals surface area contributed by atoms with Crippen LogP contribution in [0.2, 0.25) is 0 Å². The van der Waals surface area contributed by atoms with Crippen LogP contribution in [0, 0.1) is 0 Å². The Kier molecular flexibility index (Phi) is 6.84. The Labute approximate surface area is 190 Å². The molecule has 1 aliphatic heterocycles. The number of rotatable bonds is 8. The molecule has 7 heteroatoms. The highest BCUT2D eigenvalue weighted by atomic mass is 32.1. The predicted octanol–water partition coefficient (Wildman–Crippen LogP) is 4.64. The van der Waals surface area contributed by atoms with Gasteiger partial charge in [-0.2, -0.15) is 0 Å². The summed E-state index contributed by atoms with van der Waals surface area (Å²) in [5.41, 5.74) is 1.14. The summed E-state index contributed by atoms with van der Waals surface area (Å²) in [6.45, 7) is 5.08. The first-order valence-electron chi connectivity index (χ1n) is 10.1. The van der Waals surface area contributed by atoms with E-state index in [1.54, 1.807) is 28.4 Å². The first-order chi connectivity index (χ1) is 15.2. The molecule has 0 aliphatic carbocycles. The zero-order chi connectivity index (χ0) is 21.6. The van der Waals surface area contributed by atoms with Gasteiger partial charge in [0.25, 0.3) is 5.91 Å². The Hall–Kier alpha value is -2.90. The second-order valence-electron chi connectivity index (χ2n) is 7.23. The summed E-state index contributed by atoms with van der Waals surface area (Å²) < 4.78 is 6.03. The lowest BCUT2D eigenvalue weighted by atomic mass is 10.0. The number of carbonyl (C=O) groups is 2. The lowest BCUT2D eigenvalue weighted by molar-refractivity contribution is -0.135. The second-order valence-corrected chi connectivity index (χ2v) is 9.18. The summed E-state index contributed by atoms with van der Waals surface area (Å²) in [5, 5.41) is 3.93. The van der Waals surface area contributed by atoms with Gasteiger partial charge in [-0.05, 0) is 47.0 Å². The van der Waals surface area contributed by atoms with Gasteiger partial charge in [0.05, 0.1) is 10.9 Å². The molecule has 1 unspecified atom stereocenters. The number of para-hydroxylation sites is 1. The van der Waals surface area contributed by atoms with Crippen LogP contribution in [0.5, 0.6) is 5.75 Å². The standard InChI is InChI=1S/C24H24N2O3S2/c1-2-12-25(24(28)22-9-6-14-30-22)16-23(27)26-13-10-21-19(11-15-31-21)20(26)17-29-18-7-4-3-5-8-18/h2-9,11,14-15,20H,1,10,12-13,16-17H2. The van der Waals surface area contributed by atoms with Crippen molar-refractivity contribution in [3.63, 3.8) is 0 Å². The van der Waals surface area contributed by atoms with Crippen LogP contribution >= 0.6 is 22.7 Å². The van der Waals surface area contributed by atoms with Crippen LogP contribution in [0.25, 0.3) is 0 Å². The Balaban J connectivity index is 1.51. The SMILES string of the molecule is C=CCN(CC(=O)N1CCc2sccc2C1COc1ccccc1)C(=O)c1cccs1. The zero-order valence-electron chi connectivity index (χ0n) is 17.1. The first kappa shape index (κ1) is 21.3. The van der Waals surface area contributed by atoms with E-state index in [0.29, 0.717) is 24.6 Å². The number of benzene rings is 1. The molecule has 2 aromatic heterocycles. The molecule has 2 amide bonds. The van der Waals surface area contributed by atoms with Gasteiger partial charge in [0, 0.05) is 18.0 Å². The molecule has 1 aromatic carbocycles. The summed E-state index contributed by atoms with van der Waals surface area (Å²) >= 11 is 3.10. The first-order valence-corrected chi connectivity index (χ1v) is 11.9. The van der Waals surface area contributed by atoms with Gasteiger partial charge < -0.3 is 14.5 Å². The summed E-state index contributed by atoms with van der Waals surface area (Å²) in [7, 11) is 0. The van der Waals surface area contributed by atoms with Crippen molar-refractivity contribution in [2.24, 2.45) is 0 Å². The number of hydrogen-bond acceptors (Lipinski definition) is 5. The maximum absolute atomic E-state index is 13.4. The number of amides is 2. The molecule has 0 radical (unpaired) electrons. The number of thiophene rings is 2. The van der Waals surface area contributed by atoms with Crippen LogP contribution in [0.3, 0.4) is 0 Å². The summed E-state index contributed by atoms with van der Waals surface area (Å²) in [6, 6.07) is 15.1. The third kappa shape index (κ3) is 4.89. The lowest BCUT2D eigenvalue weighted by Gasteiger charge is -2.37. The van der Waals surface area contributed by atoms with E-state index >= 15 is 0 Å². The summed E-state index contributed by atoms with van der Waals surface area (Å²) in [4.78, 5) is 31.5. The zero-order valence-corrected chi connectivity index (χ0v) is 18.7. The molecule has 4 rings (SSSR count). The molecule has 31 heavy (non-hydrogen) atoms. The van der Waals surface area contributed by atoms with E-state index in [2.05, 4.69) is 18.0 Å². The van der Waals surface area contributed by atoms with Gasteiger partial charge in [0.15, 0.2) is 0 Å². The number of fused-ring (bicyclic) bond motifs is 1. The van der Waals surface area contributed by atoms with Crippen LogP contribution in [-0.2, 0) is 11.2 Å². The summed E-state index contributed by atoms with van der Waals surface area (Å²) in [6.07, 6.45) is 2.48. The molecule has 0 bridgehead atoms. The molecule has 0 fully saturated rings. The fourth-order valence-corrected chi connectivity index (χ4v) is 5.37. The molecule has 0 spiro atoms. The van der Waals surface area contributed by atoms with Crippen LogP contribution < -0.4 is 4.74 Å². The van der Waals surface area contributed by atoms with Gasteiger partial charge in [-0.25, -0.2) is 0 Å².